The predicted octanol–water partition coefficient (Wildman–Crippen LogP) is 4.41. The summed E-state index contributed by atoms with van der Waals surface area (Å²) in [6.45, 7) is 6.59. The number of rotatable bonds is 2. The van der Waals surface area contributed by atoms with Gasteiger partial charge in [0.1, 0.15) is 0 Å². The van der Waals surface area contributed by atoms with Crippen molar-refractivity contribution in [3.05, 3.63) is 47.0 Å². The van der Waals surface area contributed by atoms with Gasteiger partial charge in [-0.1, -0.05) is 49.2 Å². The van der Waals surface area contributed by atoms with Gasteiger partial charge in [0.2, 0.25) is 0 Å². The minimum Gasteiger partial charge on any atom is -0.0651 e. The second kappa shape index (κ2) is 4.06. The molecule has 0 aromatic heterocycles. The van der Waals surface area contributed by atoms with Crippen LogP contribution < -0.4 is 0 Å². The lowest BCUT2D eigenvalue weighted by atomic mass is 9.98. The number of hydrogen-bond acceptors (Lipinski definition) is 0. The largest absolute Gasteiger partial charge is 0.0651 e. The highest BCUT2D eigenvalue weighted by atomic mass is 14.1. The third-order valence-electron chi connectivity index (χ3n) is 2.91. The monoisotopic (exact) mass is 198 g/mol. The van der Waals surface area contributed by atoms with Gasteiger partial charge in [-0.15, -0.1) is 0 Å². The molecule has 0 aliphatic carbocycles. The molecular formula is C15H18. The standard InChI is InChI=1S/C15H18/c1-4-5-13-9-12(3)15-7-6-11(2)8-14(15)10-13/h6-10H,4-5H2,1-3H3. The number of benzene rings is 2. The van der Waals surface area contributed by atoms with Gasteiger partial charge in [-0.05, 0) is 42.2 Å². The van der Waals surface area contributed by atoms with Gasteiger partial charge < -0.3 is 0 Å². The van der Waals surface area contributed by atoms with Crippen LogP contribution in [0.25, 0.3) is 10.8 Å². The van der Waals surface area contributed by atoms with Crippen molar-refractivity contribution in [1.29, 1.82) is 0 Å². The third-order valence-corrected chi connectivity index (χ3v) is 2.91. The van der Waals surface area contributed by atoms with E-state index in [0.29, 0.717) is 0 Å². The molecule has 2 rings (SSSR count). The smallest absolute Gasteiger partial charge is 0.0154 e. The molecule has 0 aliphatic heterocycles. The molecule has 0 fully saturated rings. The Morgan fingerprint density at radius 3 is 2.53 bits per heavy atom. The van der Waals surface area contributed by atoms with E-state index < -0.39 is 0 Å². The van der Waals surface area contributed by atoms with Crippen molar-refractivity contribution in [2.24, 2.45) is 0 Å². The van der Waals surface area contributed by atoms with Crippen LogP contribution in [-0.2, 0) is 6.42 Å². The first kappa shape index (κ1) is 10.2. The lowest BCUT2D eigenvalue weighted by Crippen LogP contribution is -1.87. The molecule has 0 spiro atoms. The highest BCUT2D eigenvalue weighted by Crippen LogP contribution is 2.22. The molecule has 2 aromatic rings. The van der Waals surface area contributed by atoms with Crippen LogP contribution in [0.2, 0.25) is 0 Å². The maximum Gasteiger partial charge on any atom is -0.0154 e. The molecule has 78 valence electrons. The van der Waals surface area contributed by atoms with E-state index in [4.69, 9.17) is 0 Å². The first-order valence-electron chi connectivity index (χ1n) is 5.70. The average Bonchev–Trinajstić information content (AvgIpc) is 2.17. The molecule has 0 amide bonds. The van der Waals surface area contributed by atoms with E-state index in [0.717, 1.165) is 0 Å². The van der Waals surface area contributed by atoms with Gasteiger partial charge in [0.25, 0.3) is 0 Å². The van der Waals surface area contributed by atoms with Crippen LogP contribution in [0, 0.1) is 13.8 Å². The summed E-state index contributed by atoms with van der Waals surface area (Å²) in [4.78, 5) is 0. The predicted molar refractivity (Wildman–Crippen MR) is 67.4 cm³/mol. The topological polar surface area (TPSA) is 0 Å². The van der Waals surface area contributed by atoms with Crippen LogP contribution in [-0.4, -0.2) is 0 Å². The summed E-state index contributed by atoms with van der Waals surface area (Å²) < 4.78 is 0. The number of fused-ring (bicyclic) bond motifs is 1. The minimum absolute atomic E-state index is 1.19. The second-order valence-corrected chi connectivity index (χ2v) is 4.39. The molecule has 2 aromatic carbocycles. The summed E-state index contributed by atoms with van der Waals surface area (Å²) in [5.74, 6) is 0. The molecule has 0 N–H and O–H groups in total. The lowest BCUT2D eigenvalue weighted by molar-refractivity contribution is 0.922. The summed E-state index contributed by atoms with van der Waals surface area (Å²) in [6, 6.07) is 11.4. The lowest BCUT2D eigenvalue weighted by Gasteiger charge is -2.07. The fraction of sp³-hybridized carbons (Fsp3) is 0.333. The normalized spacial score (nSPS) is 10.9. The molecule has 0 radical (unpaired) electrons. The molecule has 0 atom stereocenters. The van der Waals surface area contributed by atoms with Gasteiger partial charge in [0, 0.05) is 0 Å². The van der Waals surface area contributed by atoms with E-state index in [1.54, 1.807) is 0 Å². The minimum atomic E-state index is 1.19. The Balaban J connectivity index is 2.63. The summed E-state index contributed by atoms with van der Waals surface area (Å²) in [5.41, 5.74) is 4.21. The zero-order valence-electron chi connectivity index (χ0n) is 9.80. The Labute approximate surface area is 91.9 Å². The van der Waals surface area contributed by atoms with Gasteiger partial charge in [-0.2, -0.15) is 0 Å². The van der Waals surface area contributed by atoms with Gasteiger partial charge in [0.15, 0.2) is 0 Å². The molecular weight excluding hydrogens is 180 g/mol. The second-order valence-electron chi connectivity index (χ2n) is 4.39. The average molecular weight is 198 g/mol. The Morgan fingerprint density at radius 2 is 1.80 bits per heavy atom. The fourth-order valence-corrected chi connectivity index (χ4v) is 2.19. The SMILES string of the molecule is CCCc1cc(C)c2ccc(C)cc2c1. The Hall–Kier alpha value is -1.30. The van der Waals surface area contributed by atoms with E-state index in [9.17, 15) is 0 Å². The Bertz CT molecular complexity index is 481. The van der Waals surface area contributed by atoms with Crippen molar-refractivity contribution < 1.29 is 0 Å². The zero-order valence-corrected chi connectivity index (χ0v) is 9.80. The summed E-state index contributed by atoms with van der Waals surface area (Å²) in [5, 5.41) is 2.78. The Morgan fingerprint density at radius 1 is 1.00 bits per heavy atom. The quantitative estimate of drug-likeness (QED) is 0.670. The number of hydrogen-bond donors (Lipinski definition) is 0. The van der Waals surface area contributed by atoms with Crippen LogP contribution in [0.15, 0.2) is 30.3 Å². The van der Waals surface area contributed by atoms with Crippen LogP contribution in [0.4, 0.5) is 0 Å². The van der Waals surface area contributed by atoms with Crippen molar-refractivity contribution in [3.63, 3.8) is 0 Å². The van der Waals surface area contributed by atoms with E-state index >= 15 is 0 Å². The molecule has 0 heterocycles. The first-order valence-corrected chi connectivity index (χ1v) is 5.70. The Kier molecular flexibility index (Phi) is 2.77. The zero-order chi connectivity index (χ0) is 10.8. The van der Waals surface area contributed by atoms with E-state index in [1.807, 2.05) is 0 Å². The molecule has 0 unspecified atom stereocenters. The maximum absolute atomic E-state index is 2.33. The molecule has 0 aliphatic rings. The van der Waals surface area contributed by atoms with Crippen molar-refractivity contribution >= 4 is 10.8 Å². The summed E-state index contributed by atoms with van der Waals surface area (Å²) in [6.07, 6.45) is 2.40. The first-order chi connectivity index (χ1) is 7.20. The van der Waals surface area contributed by atoms with Crippen LogP contribution in [0.3, 0.4) is 0 Å². The van der Waals surface area contributed by atoms with Crippen molar-refractivity contribution in [1.82, 2.24) is 0 Å². The van der Waals surface area contributed by atoms with E-state index in [1.165, 1.54) is 40.3 Å². The summed E-state index contributed by atoms with van der Waals surface area (Å²) in [7, 11) is 0. The van der Waals surface area contributed by atoms with Gasteiger partial charge in [-0.3, -0.25) is 0 Å². The van der Waals surface area contributed by atoms with Crippen LogP contribution in [0.1, 0.15) is 30.0 Å². The molecule has 0 bridgehead atoms. The number of aryl methyl sites for hydroxylation is 3. The van der Waals surface area contributed by atoms with Crippen molar-refractivity contribution in [3.8, 4) is 0 Å². The van der Waals surface area contributed by atoms with E-state index in [2.05, 4.69) is 51.1 Å². The van der Waals surface area contributed by atoms with E-state index in [-0.39, 0.29) is 0 Å². The molecule has 0 saturated heterocycles. The molecule has 15 heavy (non-hydrogen) atoms. The fourth-order valence-electron chi connectivity index (χ4n) is 2.19. The van der Waals surface area contributed by atoms with Gasteiger partial charge >= 0.3 is 0 Å². The highest BCUT2D eigenvalue weighted by Gasteiger charge is 2.00. The van der Waals surface area contributed by atoms with Crippen LogP contribution >= 0.6 is 0 Å². The molecule has 0 saturated carbocycles. The third kappa shape index (κ3) is 2.04. The molecule has 0 nitrogen and oxygen atoms in total. The van der Waals surface area contributed by atoms with Crippen molar-refractivity contribution in [2.45, 2.75) is 33.6 Å². The van der Waals surface area contributed by atoms with Gasteiger partial charge in [-0.25, -0.2) is 0 Å². The maximum atomic E-state index is 2.33. The van der Waals surface area contributed by atoms with Gasteiger partial charge in [0.05, 0.1) is 0 Å². The highest BCUT2D eigenvalue weighted by molar-refractivity contribution is 5.86. The summed E-state index contributed by atoms with van der Waals surface area (Å²) >= 11 is 0. The van der Waals surface area contributed by atoms with Crippen LogP contribution in [0.5, 0.6) is 0 Å². The van der Waals surface area contributed by atoms with Crippen molar-refractivity contribution in [2.75, 3.05) is 0 Å². The molecule has 0 heteroatoms.